The van der Waals surface area contributed by atoms with Crippen molar-refractivity contribution in [3.63, 3.8) is 0 Å². The van der Waals surface area contributed by atoms with E-state index in [-0.39, 0.29) is 9.77 Å². The zero-order valence-electron chi connectivity index (χ0n) is 9.99. The number of imidazole rings is 1. The lowest BCUT2D eigenvalue weighted by Crippen LogP contribution is -2.36. The van der Waals surface area contributed by atoms with Gasteiger partial charge in [0.05, 0.1) is 6.20 Å². The highest BCUT2D eigenvalue weighted by molar-refractivity contribution is 8.01. The van der Waals surface area contributed by atoms with Crippen LogP contribution >= 0.6 is 11.8 Å². The topological polar surface area (TPSA) is 74.8 Å². The summed E-state index contributed by atoms with van der Waals surface area (Å²) in [4.78, 5) is 6.64. The molecule has 1 unspecified atom stereocenters. The largest absolute Gasteiger partial charge is 0.332 e. The van der Waals surface area contributed by atoms with Crippen LogP contribution in [-0.4, -0.2) is 35.4 Å². The molecule has 0 aliphatic carbocycles. The van der Waals surface area contributed by atoms with Crippen LogP contribution in [0.5, 0.6) is 0 Å². The molecule has 1 aliphatic heterocycles. The maximum Gasteiger partial charge on any atom is 0.257 e. The predicted octanol–water partition coefficient (Wildman–Crippen LogP) is 1.28. The molecule has 1 aliphatic rings. The molecule has 1 aromatic rings. The van der Waals surface area contributed by atoms with Gasteiger partial charge in [-0.15, -0.1) is 0 Å². The fourth-order valence-corrected chi connectivity index (χ4v) is 4.31. The fraction of sp³-hybridized carbons (Fsp3) is 0.700. The highest BCUT2D eigenvalue weighted by Gasteiger charge is 2.31. The average Bonchev–Trinajstić information content (AvgIpc) is 2.86. The van der Waals surface area contributed by atoms with Crippen LogP contribution in [0.4, 0.5) is 0 Å². The maximum absolute atomic E-state index is 12.0. The van der Waals surface area contributed by atoms with E-state index < -0.39 is 10.0 Å². The van der Waals surface area contributed by atoms with Crippen molar-refractivity contribution in [3.8, 4) is 0 Å². The maximum atomic E-state index is 12.0. The van der Waals surface area contributed by atoms with Crippen molar-refractivity contribution >= 4 is 21.8 Å². The second-order valence-electron chi connectivity index (χ2n) is 4.56. The van der Waals surface area contributed by atoms with Crippen molar-refractivity contribution in [2.45, 2.75) is 36.5 Å². The number of hydrogen-bond donors (Lipinski definition) is 2. The number of rotatable bonds is 4. The van der Waals surface area contributed by atoms with Gasteiger partial charge in [0.25, 0.3) is 10.0 Å². The van der Waals surface area contributed by atoms with Gasteiger partial charge in [0.15, 0.2) is 5.03 Å². The molecule has 5 nitrogen and oxygen atoms in total. The van der Waals surface area contributed by atoms with Gasteiger partial charge in [-0.3, -0.25) is 0 Å². The Morgan fingerprint density at radius 1 is 1.65 bits per heavy atom. The quantitative estimate of drug-likeness (QED) is 0.868. The summed E-state index contributed by atoms with van der Waals surface area (Å²) >= 11 is 1.83. The highest BCUT2D eigenvalue weighted by Crippen LogP contribution is 2.37. The van der Waals surface area contributed by atoms with Crippen molar-refractivity contribution in [2.24, 2.45) is 0 Å². The molecule has 96 valence electrons. The first-order chi connectivity index (χ1) is 7.91. The molecule has 1 saturated heterocycles. The number of aryl methyl sites for hydroxylation is 1. The Morgan fingerprint density at radius 2 is 2.41 bits per heavy atom. The Balaban J connectivity index is 2.03. The highest BCUT2D eigenvalue weighted by atomic mass is 32.2. The lowest BCUT2D eigenvalue weighted by Gasteiger charge is -2.22. The lowest BCUT2D eigenvalue weighted by atomic mass is 10.1. The summed E-state index contributed by atoms with van der Waals surface area (Å²) in [5, 5.41) is 0.140. The van der Waals surface area contributed by atoms with Gasteiger partial charge >= 0.3 is 0 Å². The van der Waals surface area contributed by atoms with Crippen molar-refractivity contribution < 1.29 is 8.42 Å². The molecular formula is C10H17N3O2S2. The van der Waals surface area contributed by atoms with E-state index in [4.69, 9.17) is 0 Å². The smallest absolute Gasteiger partial charge is 0.257 e. The van der Waals surface area contributed by atoms with Gasteiger partial charge < -0.3 is 4.98 Å². The molecule has 2 heterocycles. The van der Waals surface area contributed by atoms with E-state index in [2.05, 4.69) is 21.6 Å². The van der Waals surface area contributed by atoms with E-state index in [1.807, 2.05) is 11.8 Å². The molecule has 2 N–H and O–H groups in total. The number of aromatic nitrogens is 2. The first-order valence-corrected chi connectivity index (χ1v) is 8.03. The normalized spacial score (nSPS) is 25.3. The standard InChI is InChI=1S/C10H17N3O2S2/c1-8-11-6-9(13-8)17(14,15)12-7-10(2)4-3-5-16-10/h6,12H,3-5,7H2,1-2H3,(H,11,13). The van der Waals surface area contributed by atoms with Crippen LogP contribution in [0.3, 0.4) is 0 Å². The second kappa shape index (κ2) is 4.62. The van der Waals surface area contributed by atoms with E-state index in [0.717, 1.165) is 18.6 Å². The van der Waals surface area contributed by atoms with Crippen molar-refractivity contribution in [1.82, 2.24) is 14.7 Å². The molecule has 0 amide bonds. The number of aromatic amines is 1. The molecule has 0 spiro atoms. The van der Waals surface area contributed by atoms with Crippen molar-refractivity contribution in [3.05, 3.63) is 12.0 Å². The Kier molecular flexibility index (Phi) is 3.51. The number of nitrogens with one attached hydrogen (secondary N) is 2. The van der Waals surface area contributed by atoms with Crippen LogP contribution in [0.25, 0.3) is 0 Å². The van der Waals surface area contributed by atoms with E-state index >= 15 is 0 Å². The Morgan fingerprint density at radius 3 is 2.94 bits per heavy atom. The average molecular weight is 275 g/mol. The number of sulfonamides is 1. The third kappa shape index (κ3) is 3.02. The summed E-state index contributed by atoms with van der Waals surface area (Å²) in [6.07, 6.45) is 3.57. The first kappa shape index (κ1) is 12.9. The molecule has 1 atom stereocenters. The second-order valence-corrected chi connectivity index (χ2v) is 7.98. The number of H-pyrrole nitrogens is 1. The van der Waals surface area contributed by atoms with Crippen molar-refractivity contribution in [2.75, 3.05) is 12.3 Å². The van der Waals surface area contributed by atoms with Crippen LogP contribution < -0.4 is 4.72 Å². The van der Waals surface area contributed by atoms with Gasteiger partial charge in [-0.25, -0.2) is 18.1 Å². The van der Waals surface area contributed by atoms with E-state index in [0.29, 0.717) is 12.4 Å². The van der Waals surface area contributed by atoms with Crippen LogP contribution in [-0.2, 0) is 10.0 Å². The monoisotopic (exact) mass is 275 g/mol. The Labute approximate surface area is 106 Å². The SMILES string of the molecule is Cc1ncc(S(=O)(=O)NCC2(C)CCCS2)[nH]1. The van der Waals surface area contributed by atoms with E-state index in [1.165, 1.54) is 6.20 Å². The minimum absolute atomic E-state index is 0.0299. The van der Waals surface area contributed by atoms with Crippen molar-refractivity contribution in [1.29, 1.82) is 0 Å². The molecule has 1 fully saturated rings. The predicted molar refractivity (Wildman–Crippen MR) is 68.6 cm³/mol. The summed E-state index contributed by atoms with van der Waals surface area (Å²) < 4.78 is 26.6. The summed E-state index contributed by atoms with van der Waals surface area (Å²) in [5.74, 6) is 1.72. The summed E-state index contributed by atoms with van der Waals surface area (Å²) in [7, 11) is -3.45. The third-order valence-electron chi connectivity index (χ3n) is 2.91. The van der Waals surface area contributed by atoms with Gasteiger partial charge in [-0.1, -0.05) is 0 Å². The van der Waals surface area contributed by atoms with Gasteiger partial charge in [0.2, 0.25) is 0 Å². The minimum atomic E-state index is -3.45. The number of nitrogens with zero attached hydrogens (tertiary/aromatic N) is 1. The summed E-state index contributed by atoms with van der Waals surface area (Å²) in [5.41, 5.74) is 0. The van der Waals surface area contributed by atoms with Crippen LogP contribution in [0.15, 0.2) is 11.2 Å². The third-order valence-corrected chi connectivity index (χ3v) is 5.75. The fourth-order valence-electron chi connectivity index (χ4n) is 1.84. The minimum Gasteiger partial charge on any atom is -0.332 e. The summed E-state index contributed by atoms with van der Waals surface area (Å²) in [6, 6.07) is 0. The zero-order chi connectivity index (χ0) is 12.5. The van der Waals surface area contributed by atoms with Crippen LogP contribution in [0, 0.1) is 6.92 Å². The van der Waals surface area contributed by atoms with Crippen LogP contribution in [0.2, 0.25) is 0 Å². The van der Waals surface area contributed by atoms with Gasteiger partial charge in [0.1, 0.15) is 5.82 Å². The summed E-state index contributed by atoms with van der Waals surface area (Å²) in [6.45, 7) is 4.30. The molecule has 17 heavy (non-hydrogen) atoms. The molecule has 1 aromatic heterocycles. The molecule has 0 saturated carbocycles. The molecule has 7 heteroatoms. The van der Waals surface area contributed by atoms with E-state index in [9.17, 15) is 8.42 Å². The molecule has 0 radical (unpaired) electrons. The molecule has 0 bridgehead atoms. The molecule has 0 aromatic carbocycles. The van der Waals surface area contributed by atoms with Crippen LogP contribution in [0.1, 0.15) is 25.6 Å². The zero-order valence-corrected chi connectivity index (χ0v) is 11.6. The lowest BCUT2D eigenvalue weighted by molar-refractivity contribution is 0.550. The van der Waals surface area contributed by atoms with Gasteiger partial charge in [-0.2, -0.15) is 11.8 Å². The molecular weight excluding hydrogens is 258 g/mol. The molecule has 2 rings (SSSR count). The Bertz CT molecular complexity index is 489. The Hall–Kier alpha value is -0.530. The van der Waals surface area contributed by atoms with Gasteiger partial charge in [0, 0.05) is 11.3 Å². The van der Waals surface area contributed by atoms with Gasteiger partial charge in [-0.05, 0) is 32.4 Å². The number of thioether (sulfide) groups is 1. The number of hydrogen-bond acceptors (Lipinski definition) is 4. The first-order valence-electron chi connectivity index (χ1n) is 5.57. The van der Waals surface area contributed by atoms with E-state index in [1.54, 1.807) is 6.92 Å².